The number of carbonyl (C=O) groups is 2. The van der Waals surface area contributed by atoms with Crippen LogP contribution in [0.2, 0.25) is 0 Å². The van der Waals surface area contributed by atoms with Gasteiger partial charge >= 0.3 is 5.97 Å². The number of amides is 1. The first kappa shape index (κ1) is 13.0. The molecule has 0 radical (unpaired) electrons. The Labute approximate surface area is 96.3 Å². The summed E-state index contributed by atoms with van der Waals surface area (Å²) >= 11 is 0. The lowest BCUT2D eigenvalue weighted by atomic mass is 10.1. The Bertz CT molecular complexity index is 280. The predicted octanol–water partition coefficient (Wildman–Crippen LogP) is 0.100. The van der Waals surface area contributed by atoms with Crippen LogP contribution < -0.4 is 0 Å². The van der Waals surface area contributed by atoms with E-state index in [9.17, 15) is 9.59 Å². The molecule has 1 amide bonds. The topological polar surface area (TPSA) is 49.9 Å². The molecule has 5 nitrogen and oxygen atoms in total. The Morgan fingerprint density at radius 3 is 2.69 bits per heavy atom. The van der Waals surface area contributed by atoms with Crippen LogP contribution in [-0.2, 0) is 14.3 Å². The average molecular weight is 228 g/mol. The van der Waals surface area contributed by atoms with Crippen LogP contribution in [0.5, 0.6) is 0 Å². The molecule has 5 heteroatoms. The largest absolute Gasteiger partial charge is 0.469 e. The molecule has 1 rings (SSSR count). The van der Waals surface area contributed by atoms with E-state index >= 15 is 0 Å². The number of nitrogens with zero attached hydrogens (tertiary/aromatic N) is 2. The van der Waals surface area contributed by atoms with Gasteiger partial charge in [0, 0.05) is 19.6 Å². The summed E-state index contributed by atoms with van der Waals surface area (Å²) in [6.45, 7) is 2.84. The van der Waals surface area contributed by atoms with Crippen LogP contribution in [0.3, 0.4) is 0 Å². The highest BCUT2D eigenvalue weighted by molar-refractivity contribution is 5.86. The van der Waals surface area contributed by atoms with Crippen molar-refractivity contribution in [2.45, 2.75) is 31.8 Å². The van der Waals surface area contributed by atoms with E-state index in [1.807, 2.05) is 18.9 Å². The lowest BCUT2D eigenvalue weighted by Gasteiger charge is -2.26. The molecule has 0 aliphatic carbocycles. The average Bonchev–Trinajstić information content (AvgIpc) is 2.36. The van der Waals surface area contributed by atoms with E-state index < -0.39 is 0 Å². The van der Waals surface area contributed by atoms with Crippen LogP contribution in [0.25, 0.3) is 0 Å². The minimum absolute atomic E-state index is 0.00194. The summed E-state index contributed by atoms with van der Waals surface area (Å²) in [5.74, 6) is -0.342. The molecule has 2 unspecified atom stereocenters. The van der Waals surface area contributed by atoms with Crippen LogP contribution >= 0.6 is 0 Å². The van der Waals surface area contributed by atoms with Crippen molar-refractivity contribution >= 4 is 11.9 Å². The minimum Gasteiger partial charge on any atom is -0.469 e. The molecule has 1 saturated heterocycles. The minimum atomic E-state index is -0.387. The lowest BCUT2D eigenvalue weighted by Crippen LogP contribution is -2.45. The van der Waals surface area contributed by atoms with Gasteiger partial charge in [-0.15, -0.1) is 0 Å². The highest BCUT2D eigenvalue weighted by atomic mass is 16.5. The third kappa shape index (κ3) is 2.72. The molecular formula is C11H20N2O3. The number of esters is 1. The summed E-state index contributed by atoms with van der Waals surface area (Å²) in [6, 6.07) is -0.167. The van der Waals surface area contributed by atoms with Crippen molar-refractivity contribution in [3.63, 3.8) is 0 Å². The summed E-state index contributed by atoms with van der Waals surface area (Å²) in [7, 11) is 5.00. The van der Waals surface area contributed by atoms with Crippen molar-refractivity contribution in [1.29, 1.82) is 0 Å². The summed E-state index contributed by atoms with van der Waals surface area (Å²) in [4.78, 5) is 27.0. The molecule has 0 aromatic heterocycles. The van der Waals surface area contributed by atoms with Crippen LogP contribution in [-0.4, -0.2) is 61.5 Å². The fraction of sp³-hybridized carbons (Fsp3) is 0.818. The third-order valence-corrected chi connectivity index (χ3v) is 3.31. The standard InChI is InChI=1S/C11H20N2O3/c1-8-5-6-12(2)9(7-10(14)16-4)11(15)13(8)3/h8-9H,5-7H2,1-4H3. The first-order valence-corrected chi connectivity index (χ1v) is 5.51. The zero-order chi connectivity index (χ0) is 12.3. The molecule has 1 heterocycles. The second kappa shape index (κ2) is 5.30. The Balaban J connectivity index is 2.78. The fourth-order valence-corrected chi connectivity index (χ4v) is 1.87. The van der Waals surface area contributed by atoms with Crippen molar-refractivity contribution in [3.8, 4) is 0 Å². The number of hydrogen-bond donors (Lipinski definition) is 0. The molecule has 1 aliphatic rings. The molecule has 2 atom stereocenters. The van der Waals surface area contributed by atoms with Gasteiger partial charge in [0.25, 0.3) is 0 Å². The van der Waals surface area contributed by atoms with Gasteiger partial charge in [0.05, 0.1) is 19.6 Å². The monoisotopic (exact) mass is 228 g/mol. The van der Waals surface area contributed by atoms with E-state index in [1.165, 1.54) is 7.11 Å². The number of carbonyl (C=O) groups excluding carboxylic acids is 2. The molecule has 0 bridgehead atoms. The number of methoxy groups -OCH3 is 1. The molecule has 1 aliphatic heterocycles. The van der Waals surface area contributed by atoms with Gasteiger partial charge in [-0.05, 0) is 20.4 Å². The van der Waals surface area contributed by atoms with Gasteiger partial charge in [0.1, 0.15) is 0 Å². The maximum Gasteiger partial charge on any atom is 0.307 e. The molecule has 1 fully saturated rings. The fourth-order valence-electron chi connectivity index (χ4n) is 1.87. The molecule has 0 N–H and O–H groups in total. The van der Waals surface area contributed by atoms with E-state index in [2.05, 4.69) is 4.74 Å². The second-order valence-electron chi connectivity index (χ2n) is 4.36. The van der Waals surface area contributed by atoms with Gasteiger partial charge < -0.3 is 9.64 Å². The lowest BCUT2D eigenvalue weighted by molar-refractivity contribution is -0.146. The number of ether oxygens (including phenoxy) is 1. The number of hydrogen-bond acceptors (Lipinski definition) is 4. The van der Waals surface area contributed by atoms with Gasteiger partial charge in [-0.25, -0.2) is 0 Å². The van der Waals surface area contributed by atoms with Gasteiger partial charge in [0.2, 0.25) is 5.91 Å². The maximum absolute atomic E-state index is 12.1. The Morgan fingerprint density at radius 1 is 1.50 bits per heavy atom. The normalized spacial score (nSPS) is 27.8. The van der Waals surface area contributed by atoms with Crippen LogP contribution in [0.4, 0.5) is 0 Å². The summed E-state index contributed by atoms with van der Waals surface area (Å²) in [5, 5.41) is 0. The second-order valence-corrected chi connectivity index (χ2v) is 4.36. The highest BCUT2D eigenvalue weighted by Gasteiger charge is 2.33. The molecular weight excluding hydrogens is 208 g/mol. The van der Waals surface area contributed by atoms with E-state index in [4.69, 9.17) is 0 Å². The SMILES string of the molecule is COC(=O)CC1C(=O)N(C)C(C)CCN1C. The Hall–Kier alpha value is -1.10. The van der Waals surface area contributed by atoms with Crippen molar-refractivity contribution in [2.75, 3.05) is 27.7 Å². The van der Waals surface area contributed by atoms with E-state index in [0.717, 1.165) is 13.0 Å². The van der Waals surface area contributed by atoms with Crippen molar-refractivity contribution in [2.24, 2.45) is 0 Å². The van der Waals surface area contributed by atoms with Crippen LogP contribution in [0.1, 0.15) is 19.8 Å². The zero-order valence-electron chi connectivity index (χ0n) is 10.4. The van der Waals surface area contributed by atoms with Crippen LogP contribution in [0.15, 0.2) is 0 Å². The summed E-state index contributed by atoms with van der Waals surface area (Å²) < 4.78 is 4.62. The number of rotatable bonds is 2. The Kier molecular flexibility index (Phi) is 4.29. The van der Waals surface area contributed by atoms with Gasteiger partial charge in [-0.2, -0.15) is 0 Å². The third-order valence-electron chi connectivity index (χ3n) is 3.31. The summed E-state index contributed by atoms with van der Waals surface area (Å²) in [6.07, 6.45) is 1.05. The van der Waals surface area contributed by atoms with E-state index in [-0.39, 0.29) is 30.4 Å². The molecule has 92 valence electrons. The molecule has 0 aromatic carbocycles. The van der Waals surface area contributed by atoms with Crippen molar-refractivity contribution in [3.05, 3.63) is 0 Å². The van der Waals surface area contributed by atoms with E-state index in [1.54, 1.807) is 11.9 Å². The smallest absolute Gasteiger partial charge is 0.307 e. The predicted molar refractivity (Wildman–Crippen MR) is 59.9 cm³/mol. The highest BCUT2D eigenvalue weighted by Crippen LogP contribution is 2.16. The first-order chi connectivity index (χ1) is 7.47. The molecule has 16 heavy (non-hydrogen) atoms. The molecule has 0 spiro atoms. The van der Waals surface area contributed by atoms with Crippen molar-refractivity contribution < 1.29 is 14.3 Å². The number of likely N-dealkylation sites (N-methyl/N-ethyl adjacent to an activating group) is 2. The van der Waals surface area contributed by atoms with Crippen molar-refractivity contribution in [1.82, 2.24) is 9.80 Å². The summed E-state index contributed by atoms with van der Waals surface area (Å²) in [5.41, 5.74) is 0. The van der Waals surface area contributed by atoms with E-state index in [0.29, 0.717) is 0 Å². The molecule has 0 aromatic rings. The quantitative estimate of drug-likeness (QED) is 0.629. The van der Waals surface area contributed by atoms with Gasteiger partial charge in [-0.1, -0.05) is 0 Å². The van der Waals surface area contributed by atoms with Gasteiger partial charge in [0.15, 0.2) is 0 Å². The molecule has 0 saturated carbocycles. The Morgan fingerprint density at radius 2 is 2.12 bits per heavy atom. The maximum atomic E-state index is 12.1. The zero-order valence-corrected chi connectivity index (χ0v) is 10.4. The first-order valence-electron chi connectivity index (χ1n) is 5.51. The van der Waals surface area contributed by atoms with Crippen LogP contribution in [0, 0.1) is 0 Å². The van der Waals surface area contributed by atoms with Gasteiger partial charge in [-0.3, -0.25) is 14.5 Å².